The van der Waals surface area contributed by atoms with Crippen LogP contribution in [0.3, 0.4) is 0 Å². The van der Waals surface area contributed by atoms with Crippen LogP contribution in [0, 0.1) is 25.2 Å². The van der Waals surface area contributed by atoms with Crippen molar-refractivity contribution in [2.45, 2.75) is 25.2 Å². The van der Waals surface area contributed by atoms with E-state index in [2.05, 4.69) is 14.9 Å². The lowest BCUT2D eigenvalue weighted by Crippen LogP contribution is -2.14. The minimum absolute atomic E-state index is 0.165. The molecule has 1 heterocycles. The predicted molar refractivity (Wildman–Crippen MR) is 74.6 cm³/mol. The van der Waals surface area contributed by atoms with Crippen molar-refractivity contribution in [3.05, 3.63) is 41.2 Å². The van der Waals surface area contributed by atoms with E-state index in [1.807, 2.05) is 6.07 Å². The first-order valence-electron chi connectivity index (χ1n) is 5.94. The van der Waals surface area contributed by atoms with Gasteiger partial charge in [0.1, 0.15) is 4.90 Å². The second-order valence-electron chi connectivity index (χ2n) is 4.40. The summed E-state index contributed by atoms with van der Waals surface area (Å²) in [6, 6.07) is 8.74. The van der Waals surface area contributed by atoms with Gasteiger partial charge in [0.2, 0.25) is 0 Å². The van der Waals surface area contributed by atoms with Crippen LogP contribution in [-0.2, 0) is 16.4 Å². The third-order valence-electron chi connectivity index (χ3n) is 2.82. The number of anilines is 1. The highest BCUT2D eigenvalue weighted by Gasteiger charge is 2.22. The lowest BCUT2D eigenvalue weighted by molar-refractivity contribution is 0.600. The Hall–Kier alpha value is -2.33. The quantitative estimate of drug-likeness (QED) is 0.898. The Morgan fingerprint density at radius 1 is 1.30 bits per heavy atom. The number of nitriles is 1. The zero-order chi connectivity index (χ0) is 14.8. The van der Waals surface area contributed by atoms with Crippen LogP contribution >= 0.6 is 0 Å². The molecule has 0 fully saturated rings. The smallest absolute Gasteiger partial charge is 0.265 e. The molecule has 0 bridgehead atoms. The Balaban J connectivity index is 2.27. The monoisotopic (exact) mass is 290 g/mol. The number of sulfonamides is 1. The standard InChI is InChI=1S/C13H14N4O2S/c1-9-13(10(2)16-15-9)20(18,19)17-12-5-3-11(4-6-12)7-8-14/h3-6,17H,7H2,1-2H3,(H,15,16). The number of nitrogens with one attached hydrogen (secondary N) is 2. The van der Waals surface area contributed by atoms with E-state index in [0.717, 1.165) is 5.56 Å². The third-order valence-corrected chi connectivity index (χ3v) is 4.46. The molecule has 0 unspecified atom stereocenters. The van der Waals surface area contributed by atoms with Crippen molar-refractivity contribution < 1.29 is 8.42 Å². The van der Waals surface area contributed by atoms with E-state index >= 15 is 0 Å². The van der Waals surface area contributed by atoms with E-state index in [0.29, 0.717) is 23.5 Å². The molecule has 2 rings (SSSR count). The molecule has 0 atom stereocenters. The number of hydrogen-bond donors (Lipinski definition) is 2. The van der Waals surface area contributed by atoms with Gasteiger partial charge in [-0.2, -0.15) is 10.4 Å². The highest BCUT2D eigenvalue weighted by Crippen LogP contribution is 2.21. The average Bonchev–Trinajstić information content (AvgIpc) is 2.72. The van der Waals surface area contributed by atoms with E-state index in [1.165, 1.54) is 0 Å². The van der Waals surface area contributed by atoms with Gasteiger partial charge in [-0.05, 0) is 31.5 Å². The van der Waals surface area contributed by atoms with Crippen molar-refractivity contribution in [2.75, 3.05) is 4.72 Å². The van der Waals surface area contributed by atoms with Crippen LogP contribution in [0.4, 0.5) is 5.69 Å². The molecule has 1 aromatic heterocycles. The average molecular weight is 290 g/mol. The molecule has 0 spiro atoms. The predicted octanol–water partition coefficient (Wildman–Crippen LogP) is 1.89. The minimum atomic E-state index is -3.67. The first-order chi connectivity index (χ1) is 9.44. The van der Waals surface area contributed by atoms with Gasteiger partial charge in [-0.3, -0.25) is 9.82 Å². The summed E-state index contributed by atoms with van der Waals surface area (Å²) in [7, 11) is -3.67. The molecule has 0 aliphatic carbocycles. The Morgan fingerprint density at radius 3 is 2.45 bits per heavy atom. The largest absolute Gasteiger partial charge is 0.281 e. The molecule has 6 nitrogen and oxygen atoms in total. The van der Waals surface area contributed by atoms with Gasteiger partial charge >= 0.3 is 0 Å². The summed E-state index contributed by atoms with van der Waals surface area (Å²) >= 11 is 0. The number of aryl methyl sites for hydroxylation is 2. The molecule has 0 amide bonds. The van der Waals surface area contributed by atoms with Gasteiger partial charge in [0.25, 0.3) is 10.0 Å². The zero-order valence-electron chi connectivity index (χ0n) is 11.1. The van der Waals surface area contributed by atoms with Crippen LogP contribution in [0.15, 0.2) is 29.2 Å². The SMILES string of the molecule is Cc1n[nH]c(C)c1S(=O)(=O)Nc1ccc(CC#N)cc1. The highest BCUT2D eigenvalue weighted by molar-refractivity contribution is 7.92. The van der Waals surface area contributed by atoms with Crippen molar-refractivity contribution in [3.8, 4) is 6.07 Å². The molecule has 20 heavy (non-hydrogen) atoms. The van der Waals surface area contributed by atoms with Crippen molar-refractivity contribution in [1.82, 2.24) is 10.2 Å². The van der Waals surface area contributed by atoms with Crippen LogP contribution in [-0.4, -0.2) is 18.6 Å². The summed E-state index contributed by atoms with van der Waals surface area (Å²) in [5, 5.41) is 15.1. The number of nitrogens with zero attached hydrogens (tertiary/aromatic N) is 2. The second kappa shape index (κ2) is 5.35. The summed E-state index contributed by atoms with van der Waals surface area (Å²) in [5.41, 5.74) is 2.21. The molecule has 0 saturated carbocycles. The van der Waals surface area contributed by atoms with E-state index in [4.69, 9.17) is 5.26 Å². The van der Waals surface area contributed by atoms with Gasteiger partial charge in [0.05, 0.1) is 23.9 Å². The fraction of sp³-hybridized carbons (Fsp3) is 0.231. The molecule has 0 radical (unpaired) electrons. The summed E-state index contributed by atoms with van der Waals surface area (Å²) in [6.45, 7) is 3.29. The number of rotatable bonds is 4. The first kappa shape index (κ1) is 14.1. The third kappa shape index (κ3) is 2.81. The molecule has 0 aliphatic heterocycles. The Morgan fingerprint density at radius 2 is 1.95 bits per heavy atom. The number of hydrogen-bond acceptors (Lipinski definition) is 4. The number of aromatic nitrogens is 2. The van der Waals surface area contributed by atoms with Gasteiger partial charge in [0, 0.05) is 5.69 Å². The van der Waals surface area contributed by atoms with E-state index in [9.17, 15) is 8.42 Å². The lowest BCUT2D eigenvalue weighted by Gasteiger charge is -2.08. The molecule has 0 aliphatic rings. The van der Waals surface area contributed by atoms with Crippen LogP contribution in [0.25, 0.3) is 0 Å². The first-order valence-corrected chi connectivity index (χ1v) is 7.42. The minimum Gasteiger partial charge on any atom is -0.281 e. The molecule has 2 aromatic rings. The molecule has 7 heteroatoms. The van der Waals surface area contributed by atoms with E-state index in [-0.39, 0.29) is 4.90 Å². The molecule has 104 valence electrons. The van der Waals surface area contributed by atoms with Crippen molar-refractivity contribution in [2.24, 2.45) is 0 Å². The molecule has 1 aromatic carbocycles. The van der Waals surface area contributed by atoms with Gasteiger partial charge in [-0.25, -0.2) is 8.42 Å². The number of benzene rings is 1. The fourth-order valence-electron chi connectivity index (χ4n) is 1.92. The fourth-order valence-corrected chi connectivity index (χ4v) is 3.36. The number of H-pyrrole nitrogens is 1. The van der Waals surface area contributed by atoms with E-state index in [1.54, 1.807) is 38.1 Å². The van der Waals surface area contributed by atoms with Crippen LogP contribution in [0.2, 0.25) is 0 Å². The molecule has 2 N–H and O–H groups in total. The number of aromatic amines is 1. The lowest BCUT2D eigenvalue weighted by atomic mass is 10.1. The Labute approximate surface area is 117 Å². The Bertz CT molecular complexity index is 735. The highest BCUT2D eigenvalue weighted by atomic mass is 32.2. The van der Waals surface area contributed by atoms with Crippen molar-refractivity contribution in [1.29, 1.82) is 5.26 Å². The summed E-state index contributed by atoms with van der Waals surface area (Å²) < 4.78 is 27.1. The van der Waals surface area contributed by atoms with Crippen LogP contribution in [0.5, 0.6) is 0 Å². The molecular formula is C13H14N4O2S. The molecule has 0 saturated heterocycles. The maximum Gasteiger partial charge on any atom is 0.265 e. The van der Waals surface area contributed by atoms with Crippen LogP contribution < -0.4 is 4.72 Å². The van der Waals surface area contributed by atoms with Gasteiger partial charge < -0.3 is 0 Å². The van der Waals surface area contributed by atoms with Gasteiger partial charge in [-0.1, -0.05) is 12.1 Å². The second-order valence-corrected chi connectivity index (χ2v) is 6.02. The maximum atomic E-state index is 12.3. The summed E-state index contributed by atoms with van der Waals surface area (Å²) in [5.74, 6) is 0. The topological polar surface area (TPSA) is 98.6 Å². The Kier molecular flexibility index (Phi) is 3.77. The van der Waals surface area contributed by atoms with Crippen LogP contribution in [0.1, 0.15) is 17.0 Å². The van der Waals surface area contributed by atoms with Crippen molar-refractivity contribution >= 4 is 15.7 Å². The normalized spacial score (nSPS) is 11.1. The van der Waals surface area contributed by atoms with Crippen molar-refractivity contribution in [3.63, 3.8) is 0 Å². The summed E-state index contributed by atoms with van der Waals surface area (Å²) in [4.78, 5) is 0.165. The summed E-state index contributed by atoms with van der Waals surface area (Å²) in [6.07, 6.45) is 0.299. The molecular weight excluding hydrogens is 276 g/mol. The van der Waals surface area contributed by atoms with E-state index < -0.39 is 10.0 Å². The van der Waals surface area contributed by atoms with Gasteiger partial charge in [-0.15, -0.1) is 0 Å². The maximum absolute atomic E-state index is 12.3. The zero-order valence-corrected chi connectivity index (χ0v) is 12.0. The van der Waals surface area contributed by atoms with Gasteiger partial charge in [0.15, 0.2) is 0 Å².